The first kappa shape index (κ1) is 27.3. The first-order valence-electron chi connectivity index (χ1n) is 12.1. The first-order valence-corrected chi connectivity index (χ1v) is 12.1. The van der Waals surface area contributed by atoms with Crippen LogP contribution in [0.25, 0.3) is 0 Å². The maximum atomic E-state index is 13.2. The van der Waals surface area contributed by atoms with Crippen LogP contribution >= 0.6 is 0 Å². The van der Waals surface area contributed by atoms with Gasteiger partial charge in [-0.3, -0.25) is 14.4 Å². The van der Waals surface area contributed by atoms with Crippen molar-refractivity contribution in [1.82, 2.24) is 10.2 Å². The highest BCUT2D eigenvalue weighted by Gasteiger charge is 2.31. The zero-order valence-corrected chi connectivity index (χ0v) is 20.0. The highest BCUT2D eigenvalue weighted by Crippen LogP contribution is 2.22. The smallest absolute Gasteiger partial charge is 0.305 e. The molecule has 0 aromatic heterocycles. The van der Waals surface area contributed by atoms with Gasteiger partial charge in [0.05, 0.1) is 24.6 Å². The molecule has 0 saturated carbocycles. The standard InChI is InChI=1S/C27H38N2O5/c1-3-5-6-10-16-26(32)34-20-24(21-13-8-7-9-14-21)28-27(33)22(12-4-2)18-25(31)29-17-11-15-23(29)19-30/h3-4,7-9,13-14,22-24,30H,1-2,5-6,10-12,15-20H2,(H,28,33)/t22-,23+,24-/m1/s1. The molecule has 7 heteroatoms. The van der Waals surface area contributed by atoms with Gasteiger partial charge in [-0.1, -0.05) is 42.5 Å². The van der Waals surface area contributed by atoms with Gasteiger partial charge in [0.2, 0.25) is 11.8 Å². The second-order valence-corrected chi connectivity index (χ2v) is 8.68. The van der Waals surface area contributed by atoms with E-state index in [2.05, 4.69) is 18.5 Å². The number of carbonyl (C=O) groups is 3. The molecule has 0 bridgehead atoms. The molecule has 3 atom stereocenters. The summed E-state index contributed by atoms with van der Waals surface area (Å²) in [6.45, 7) is 7.96. The van der Waals surface area contributed by atoms with Crippen molar-refractivity contribution < 1.29 is 24.2 Å². The molecule has 1 aliphatic rings. The van der Waals surface area contributed by atoms with Gasteiger partial charge in [0, 0.05) is 19.4 Å². The third-order valence-electron chi connectivity index (χ3n) is 6.12. The molecule has 1 aromatic carbocycles. The average molecular weight is 471 g/mol. The Bertz CT molecular complexity index is 810. The molecular formula is C27H38N2O5. The van der Waals surface area contributed by atoms with Crippen LogP contribution in [0.3, 0.4) is 0 Å². The lowest BCUT2D eigenvalue weighted by Crippen LogP contribution is -2.42. The van der Waals surface area contributed by atoms with Gasteiger partial charge in [-0.2, -0.15) is 0 Å². The zero-order chi connectivity index (χ0) is 24.8. The van der Waals surface area contributed by atoms with E-state index in [9.17, 15) is 19.5 Å². The van der Waals surface area contributed by atoms with E-state index in [0.717, 1.165) is 37.7 Å². The number of ether oxygens (including phenoxy) is 1. The minimum absolute atomic E-state index is 0.0174. The van der Waals surface area contributed by atoms with E-state index >= 15 is 0 Å². The number of nitrogens with one attached hydrogen (secondary N) is 1. The fourth-order valence-corrected chi connectivity index (χ4v) is 4.17. The SMILES string of the molecule is C=CCCCCC(=O)OC[C@@H](NC(=O)[C@H](CC=C)CC(=O)N1CCC[C@H]1CO)c1ccccc1. The molecular weight excluding hydrogens is 432 g/mol. The number of unbranched alkanes of at least 4 members (excludes halogenated alkanes) is 2. The molecule has 2 N–H and O–H groups in total. The van der Waals surface area contributed by atoms with E-state index in [1.54, 1.807) is 11.0 Å². The largest absolute Gasteiger partial charge is 0.463 e. The van der Waals surface area contributed by atoms with Gasteiger partial charge < -0.3 is 20.1 Å². The molecule has 0 aliphatic carbocycles. The summed E-state index contributed by atoms with van der Waals surface area (Å²) >= 11 is 0. The van der Waals surface area contributed by atoms with Crippen molar-refractivity contribution in [3.8, 4) is 0 Å². The third kappa shape index (κ3) is 8.78. The summed E-state index contributed by atoms with van der Waals surface area (Å²) < 4.78 is 5.47. The van der Waals surface area contributed by atoms with Crippen molar-refractivity contribution in [2.45, 2.75) is 63.5 Å². The Morgan fingerprint density at radius 2 is 1.94 bits per heavy atom. The van der Waals surface area contributed by atoms with E-state index in [0.29, 0.717) is 19.4 Å². The molecule has 1 fully saturated rings. The lowest BCUT2D eigenvalue weighted by molar-refractivity contribution is -0.145. The van der Waals surface area contributed by atoms with Crippen LogP contribution in [0.15, 0.2) is 55.6 Å². The first-order chi connectivity index (χ1) is 16.5. The van der Waals surface area contributed by atoms with Crippen molar-refractivity contribution in [2.24, 2.45) is 5.92 Å². The van der Waals surface area contributed by atoms with Gasteiger partial charge in [0.1, 0.15) is 6.61 Å². The monoisotopic (exact) mass is 470 g/mol. The average Bonchev–Trinajstić information content (AvgIpc) is 3.33. The minimum Gasteiger partial charge on any atom is -0.463 e. The van der Waals surface area contributed by atoms with Crippen LogP contribution in [0.5, 0.6) is 0 Å². The second kappa shape index (κ2) is 15.1. The van der Waals surface area contributed by atoms with Crippen LogP contribution in [0, 0.1) is 5.92 Å². The topological polar surface area (TPSA) is 95.9 Å². The Morgan fingerprint density at radius 3 is 2.62 bits per heavy atom. The molecule has 0 radical (unpaired) electrons. The van der Waals surface area contributed by atoms with Crippen LogP contribution in [0.2, 0.25) is 0 Å². The summed E-state index contributed by atoms with van der Waals surface area (Å²) in [4.78, 5) is 39.9. The number of aliphatic hydroxyl groups is 1. The summed E-state index contributed by atoms with van der Waals surface area (Å²) in [6, 6.07) is 8.63. The van der Waals surface area contributed by atoms with Crippen molar-refractivity contribution in [2.75, 3.05) is 19.8 Å². The number of hydrogen-bond acceptors (Lipinski definition) is 5. The lowest BCUT2D eigenvalue weighted by Gasteiger charge is -2.26. The van der Waals surface area contributed by atoms with Gasteiger partial charge in [-0.25, -0.2) is 0 Å². The highest BCUT2D eigenvalue weighted by atomic mass is 16.5. The van der Waals surface area contributed by atoms with E-state index in [1.165, 1.54) is 0 Å². The van der Waals surface area contributed by atoms with E-state index in [1.807, 2.05) is 36.4 Å². The Hall–Kier alpha value is -2.93. The maximum Gasteiger partial charge on any atom is 0.305 e. The number of amides is 2. The summed E-state index contributed by atoms with van der Waals surface area (Å²) in [5.74, 6) is -1.32. The van der Waals surface area contributed by atoms with Crippen LogP contribution in [-0.4, -0.2) is 53.6 Å². The van der Waals surface area contributed by atoms with Crippen molar-refractivity contribution >= 4 is 17.8 Å². The van der Waals surface area contributed by atoms with Gasteiger partial charge in [-0.05, 0) is 44.1 Å². The van der Waals surface area contributed by atoms with E-state index in [-0.39, 0.29) is 43.5 Å². The second-order valence-electron chi connectivity index (χ2n) is 8.68. The molecule has 1 saturated heterocycles. The molecule has 186 valence electrons. The molecule has 1 aliphatic heterocycles. The van der Waals surface area contributed by atoms with Crippen LogP contribution in [-0.2, 0) is 19.1 Å². The Balaban J connectivity index is 2.01. The number of rotatable bonds is 15. The molecule has 34 heavy (non-hydrogen) atoms. The number of benzene rings is 1. The molecule has 2 amide bonds. The zero-order valence-electron chi connectivity index (χ0n) is 20.0. The van der Waals surface area contributed by atoms with Crippen molar-refractivity contribution in [3.05, 3.63) is 61.2 Å². The van der Waals surface area contributed by atoms with Crippen LogP contribution < -0.4 is 5.32 Å². The fourth-order valence-electron chi connectivity index (χ4n) is 4.17. The van der Waals surface area contributed by atoms with Crippen LogP contribution in [0.1, 0.15) is 63.0 Å². The van der Waals surface area contributed by atoms with E-state index in [4.69, 9.17) is 4.74 Å². The lowest BCUT2D eigenvalue weighted by atomic mass is 9.98. The van der Waals surface area contributed by atoms with Crippen LogP contribution in [0.4, 0.5) is 0 Å². The Labute approximate surface area is 202 Å². The summed E-state index contributed by atoms with van der Waals surface area (Å²) in [6.07, 6.45) is 8.24. The van der Waals surface area contributed by atoms with Gasteiger partial charge in [-0.15, -0.1) is 13.2 Å². The normalized spacial score (nSPS) is 17.0. The van der Waals surface area contributed by atoms with Crippen molar-refractivity contribution in [3.63, 3.8) is 0 Å². The number of likely N-dealkylation sites (tertiary alicyclic amines) is 1. The van der Waals surface area contributed by atoms with Gasteiger partial charge in [0.25, 0.3) is 0 Å². The highest BCUT2D eigenvalue weighted by molar-refractivity contribution is 5.86. The number of hydrogen-bond donors (Lipinski definition) is 2. The van der Waals surface area contributed by atoms with E-state index < -0.39 is 12.0 Å². The van der Waals surface area contributed by atoms with Gasteiger partial charge >= 0.3 is 5.97 Å². The predicted molar refractivity (Wildman–Crippen MR) is 132 cm³/mol. The van der Waals surface area contributed by atoms with Crippen molar-refractivity contribution in [1.29, 1.82) is 0 Å². The number of esters is 1. The Morgan fingerprint density at radius 1 is 1.18 bits per heavy atom. The maximum absolute atomic E-state index is 13.2. The molecule has 2 rings (SSSR count). The number of allylic oxidation sites excluding steroid dienone is 2. The number of carbonyl (C=O) groups excluding carboxylic acids is 3. The molecule has 0 spiro atoms. The predicted octanol–water partition coefficient (Wildman–Crippen LogP) is 3.70. The summed E-state index contributed by atoms with van der Waals surface area (Å²) in [5.41, 5.74) is 0.818. The Kier molecular flexibility index (Phi) is 12.1. The minimum atomic E-state index is -0.592. The molecule has 0 unspecified atom stereocenters. The quantitative estimate of drug-likeness (QED) is 0.232. The third-order valence-corrected chi connectivity index (χ3v) is 6.12. The molecule has 7 nitrogen and oxygen atoms in total. The molecule has 1 aromatic rings. The fraction of sp³-hybridized carbons (Fsp3) is 0.519. The number of nitrogens with zero attached hydrogens (tertiary/aromatic N) is 1. The van der Waals surface area contributed by atoms with Gasteiger partial charge in [0.15, 0.2) is 0 Å². The molecule has 1 heterocycles. The summed E-state index contributed by atoms with van der Waals surface area (Å²) in [7, 11) is 0. The number of aliphatic hydroxyl groups excluding tert-OH is 1. The summed E-state index contributed by atoms with van der Waals surface area (Å²) in [5, 5.41) is 12.5.